The van der Waals surface area contributed by atoms with Crippen LogP contribution in [0.4, 0.5) is 10.1 Å². The molecule has 0 unspecified atom stereocenters. The van der Waals surface area contributed by atoms with Gasteiger partial charge in [0.05, 0.1) is 15.7 Å². The van der Waals surface area contributed by atoms with E-state index in [0.29, 0.717) is 4.47 Å². The molecule has 0 saturated carbocycles. The van der Waals surface area contributed by atoms with Crippen LogP contribution in [-0.2, 0) is 0 Å². The highest BCUT2D eigenvalue weighted by Crippen LogP contribution is 2.38. The van der Waals surface area contributed by atoms with Gasteiger partial charge in [-0.1, -0.05) is 44.2 Å². The van der Waals surface area contributed by atoms with Gasteiger partial charge in [-0.2, -0.15) is 0 Å². The summed E-state index contributed by atoms with van der Waals surface area (Å²) in [5, 5.41) is 2.79. The summed E-state index contributed by atoms with van der Waals surface area (Å²) in [6.07, 6.45) is 0. The zero-order chi connectivity index (χ0) is 10.0. The van der Waals surface area contributed by atoms with Crippen molar-refractivity contribution in [2.75, 3.05) is 0 Å². The minimum Gasteiger partial charge on any atom is -0.204 e. The Morgan fingerprint density at radius 3 is 2.69 bits per heavy atom. The van der Waals surface area contributed by atoms with Gasteiger partial charge in [-0.25, -0.2) is 4.39 Å². The van der Waals surface area contributed by atoms with Crippen LogP contribution in [0.2, 0.25) is 10.0 Å². The molecular formula is C6HBrCl2FN3. The third kappa shape index (κ3) is 2.06. The summed E-state index contributed by atoms with van der Waals surface area (Å²) in [4.78, 5) is 2.50. The fourth-order valence-corrected chi connectivity index (χ4v) is 1.94. The predicted octanol–water partition coefficient (Wildman–Crippen LogP) is 4.84. The van der Waals surface area contributed by atoms with E-state index in [2.05, 4.69) is 26.0 Å². The topological polar surface area (TPSA) is 48.8 Å². The van der Waals surface area contributed by atoms with Crippen molar-refractivity contribution in [3.63, 3.8) is 0 Å². The van der Waals surface area contributed by atoms with E-state index in [-0.39, 0.29) is 15.7 Å². The maximum atomic E-state index is 13.0. The van der Waals surface area contributed by atoms with Crippen molar-refractivity contribution >= 4 is 44.8 Å². The smallest absolute Gasteiger partial charge is 0.160 e. The number of rotatable bonds is 1. The van der Waals surface area contributed by atoms with E-state index < -0.39 is 5.82 Å². The zero-order valence-corrected chi connectivity index (χ0v) is 9.03. The highest BCUT2D eigenvalue weighted by atomic mass is 79.9. The molecule has 0 radical (unpaired) electrons. The lowest BCUT2D eigenvalue weighted by molar-refractivity contribution is 0.628. The minimum atomic E-state index is -0.797. The van der Waals surface area contributed by atoms with Crippen LogP contribution in [0.25, 0.3) is 10.4 Å². The molecule has 7 heteroatoms. The first kappa shape index (κ1) is 10.6. The monoisotopic (exact) mass is 283 g/mol. The Hall–Kier alpha value is -0.480. The number of nitrogens with zero attached hydrogens (tertiary/aromatic N) is 3. The lowest BCUT2D eigenvalue weighted by Gasteiger charge is -2.03. The average molecular weight is 285 g/mol. The van der Waals surface area contributed by atoms with Crippen molar-refractivity contribution in [3.8, 4) is 0 Å². The Bertz CT molecular complexity index is 403. The molecule has 0 aliphatic rings. The molecule has 3 nitrogen and oxygen atoms in total. The first-order valence-electron chi connectivity index (χ1n) is 2.96. The van der Waals surface area contributed by atoms with Gasteiger partial charge in [0.2, 0.25) is 0 Å². The summed E-state index contributed by atoms with van der Waals surface area (Å²) in [7, 11) is 0. The van der Waals surface area contributed by atoms with E-state index in [9.17, 15) is 4.39 Å². The second-order valence-electron chi connectivity index (χ2n) is 2.01. The number of hydrogen-bond acceptors (Lipinski definition) is 1. The second-order valence-corrected chi connectivity index (χ2v) is 3.65. The molecule has 0 aromatic heterocycles. The summed E-state index contributed by atoms with van der Waals surface area (Å²) in [6.45, 7) is 0. The highest BCUT2D eigenvalue weighted by molar-refractivity contribution is 9.10. The maximum absolute atomic E-state index is 13.0. The van der Waals surface area contributed by atoms with Crippen LogP contribution < -0.4 is 0 Å². The second kappa shape index (κ2) is 4.15. The maximum Gasteiger partial charge on any atom is 0.160 e. The number of benzene rings is 1. The molecule has 0 N–H and O–H groups in total. The van der Waals surface area contributed by atoms with Gasteiger partial charge in [0.1, 0.15) is 0 Å². The van der Waals surface area contributed by atoms with Crippen molar-refractivity contribution in [1.82, 2.24) is 0 Å². The van der Waals surface area contributed by atoms with Crippen molar-refractivity contribution in [1.29, 1.82) is 0 Å². The Balaban J connectivity index is 3.52. The average Bonchev–Trinajstić information content (AvgIpc) is 2.09. The molecule has 0 fully saturated rings. The van der Waals surface area contributed by atoms with Gasteiger partial charge in [0.25, 0.3) is 0 Å². The molecule has 0 aliphatic carbocycles. The highest BCUT2D eigenvalue weighted by Gasteiger charge is 2.13. The molecular weight excluding hydrogens is 284 g/mol. The largest absolute Gasteiger partial charge is 0.204 e. The third-order valence-corrected chi connectivity index (χ3v) is 2.46. The first-order valence-corrected chi connectivity index (χ1v) is 4.51. The van der Waals surface area contributed by atoms with Gasteiger partial charge in [0, 0.05) is 9.38 Å². The number of azide groups is 1. The van der Waals surface area contributed by atoms with E-state index in [4.69, 9.17) is 28.7 Å². The molecule has 13 heavy (non-hydrogen) atoms. The molecule has 1 aromatic rings. The van der Waals surface area contributed by atoms with Crippen LogP contribution in [0.5, 0.6) is 0 Å². The SMILES string of the molecule is [N-]=[N+]=Nc1c(Br)cc(Cl)c(F)c1Cl. The van der Waals surface area contributed by atoms with Crippen molar-refractivity contribution < 1.29 is 4.39 Å². The first-order chi connectivity index (χ1) is 6.07. The summed E-state index contributed by atoms with van der Waals surface area (Å²) in [6, 6.07) is 1.27. The molecule has 0 atom stereocenters. The van der Waals surface area contributed by atoms with Gasteiger partial charge in [0.15, 0.2) is 5.82 Å². The van der Waals surface area contributed by atoms with Crippen molar-refractivity contribution in [2.24, 2.45) is 5.11 Å². The van der Waals surface area contributed by atoms with Crippen molar-refractivity contribution in [2.45, 2.75) is 0 Å². The van der Waals surface area contributed by atoms with Crippen LogP contribution in [0, 0.1) is 5.82 Å². The van der Waals surface area contributed by atoms with E-state index in [1.54, 1.807) is 0 Å². The normalized spacial score (nSPS) is 9.54. The van der Waals surface area contributed by atoms with Crippen LogP contribution in [0.3, 0.4) is 0 Å². The summed E-state index contributed by atoms with van der Waals surface area (Å²) in [5.74, 6) is -0.797. The Morgan fingerprint density at radius 1 is 1.54 bits per heavy atom. The van der Waals surface area contributed by atoms with Crippen molar-refractivity contribution in [3.05, 3.63) is 36.8 Å². The lowest BCUT2D eigenvalue weighted by atomic mass is 10.3. The van der Waals surface area contributed by atoms with Gasteiger partial charge in [-0.05, 0) is 11.6 Å². The van der Waals surface area contributed by atoms with E-state index >= 15 is 0 Å². The summed E-state index contributed by atoms with van der Waals surface area (Å²) in [5.41, 5.74) is 8.14. The Morgan fingerprint density at radius 2 is 2.15 bits per heavy atom. The summed E-state index contributed by atoms with van der Waals surface area (Å²) >= 11 is 14.0. The molecule has 68 valence electrons. The number of hydrogen-bond donors (Lipinski definition) is 0. The molecule has 0 amide bonds. The fourth-order valence-electron chi connectivity index (χ4n) is 0.693. The Labute approximate surface area is 91.2 Å². The molecule has 0 aliphatic heterocycles. The molecule has 0 spiro atoms. The third-order valence-electron chi connectivity index (χ3n) is 1.23. The Kier molecular flexibility index (Phi) is 3.39. The van der Waals surface area contributed by atoms with Gasteiger partial charge >= 0.3 is 0 Å². The number of halogens is 4. The predicted molar refractivity (Wildman–Crippen MR) is 52.9 cm³/mol. The summed E-state index contributed by atoms with van der Waals surface area (Å²) < 4.78 is 13.4. The molecule has 0 bridgehead atoms. The standard InChI is InChI=1S/C6HBrCl2FN3/c7-2-1-3(8)5(10)4(9)6(2)12-13-11/h1H. The molecule has 1 aromatic carbocycles. The molecule has 1 rings (SSSR count). The zero-order valence-electron chi connectivity index (χ0n) is 5.93. The van der Waals surface area contributed by atoms with Crippen LogP contribution in [0.1, 0.15) is 0 Å². The van der Waals surface area contributed by atoms with Gasteiger partial charge in [-0.15, -0.1) is 0 Å². The fraction of sp³-hybridized carbons (Fsp3) is 0. The van der Waals surface area contributed by atoms with Crippen LogP contribution in [-0.4, -0.2) is 0 Å². The van der Waals surface area contributed by atoms with E-state index in [1.807, 2.05) is 0 Å². The van der Waals surface area contributed by atoms with Gasteiger partial charge in [-0.3, -0.25) is 0 Å². The quantitative estimate of drug-likeness (QED) is 0.233. The van der Waals surface area contributed by atoms with E-state index in [0.717, 1.165) is 0 Å². The minimum absolute atomic E-state index is 0.00827. The van der Waals surface area contributed by atoms with Gasteiger partial charge < -0.3 is 0 Å². The lowest BCUT2D eigenvalue weighted by Crippen LogP contribution is -1.81. The van der Waals surface area contributed by atoms with Crippen LogP contribution >= 0.6 is 39.1 Å². The molecule has 0 saturated heterocycles. The van der Waals surface area contributed by atoms with Crippen LogP contribution in [0.15, 0.2) is 15.7 Å². The molecule has 0 heterocycles. The van der Waals surface area contributed by atoms with E-state index in [1.165, 1.54) is 6.07 Å².